The molecule has 0 spiro atoms. The zero-order valence-corrected chi connectivity index (χ0v) is 13.4. The number of carbonyl (C=O) groups is 1. The van der Waals surface area contributed by atoms with Crippen LogP contribution in [0.5, 0.6) is 0 Å². The SMILES string of the molecule is CC(C(=O)N1CCCCCC1)N1CC(N2CCNCC2)C1. The lowest BCUT2D eigenvalue weighted by molar-refractivity contribution is -0.139. The molecular weight excluding hydrogens is 264 g/mol. The lowest BCUT2D eigenvalue weighted by Crippen LogP contribution is -2.66. The first-order valence-electron chi connectivity index (χ1n) is 8.73. The second-order valence-electron chi connectivity index (χ2n) is 6.81. The van der Waals surface area contributed by atoms with Gasteiger partial charge in [-0.15, -0.1) is 0 Å². The highest BCUT2D eigenvalue weighted by molar-refractivity contribution is 5.81. The van der Waals surface area contributed by atoms with E-state index in [-0.39, 0.29) is 6.04 Å². The van der Waals surface area contributed by atoms with Gasteiger partial charge in [0.25, 0.3) is 0 Å². The molecule has 3 aliphatic heterocycles. The summed E-state index contributed by atoms with van der Waals surface area (Å²) in [6, 6.07) is 0.744. The summed E-state index contributed by atoms with van der Waals surface area (Å²) in [4.78, 5) is 19.7. The molecule has 21 heavy (non-hydrogen) atoms. The first-order chi connectivity index (χ1) is 10.3. The van der Waals surface area contributed by atoms with E-state index in [1.54, 1.807) is 0 Å². The zero-order valence-electron chi connectivity index (χ0n) is 13.4. The van der Waals surface area contributed by atoms with Crippen LogP contribution in [-0.4, -0.2) is 85.0 Å². The van der Waals surface area contributed by atoms with E-state index in [0.717, 1.165) is 52.4 Å². The van der Waals surface area contributed by atoms with Gasteiger partial charge in [0.05, 0.1) is 6.04 Å². The fourth-order valence-corrected chi connectivity index (χ4v) is 3.79. The third kappa shape index (κ3) is 3.58. The maximum Gasteiger partial charge on any atom is 0.239 e. The summed E-state index contributed by atoms with van der Waals surface area (Å²) < 4.78 is 0. The van der Waals surface area contributed by atoms with Crippen LogP contribution in [0.2, 0.25) is 0 Å². The summed E-state index contributed by atoms with van der Waals surface area (Å²) in [5.74, 6) is 0.357. The van der Waals surface area contributed by atoms with E-state index in [9.17, 15) is 4.79 Å². The van der Waals surface area contributed by atoms with E-state index >= 15 is 0 Å². The molecule has 0 aromatic heterocycles. The van der Waals surface area contributed by atoms with Crippen LogP contribution in [0.1, 0.15) is 32.6 Å². The highest BCUT2D eigenvalue weighted by atomic mass is 16.2. The number of nitrogens with one attached hydrogen (secondary N) is 1. The summed E-state index contributed by atoms with van der Waals surface area (Å²) >= 11 is 0. The molecule has 3 heterocycles. The molecule has 1 atom stereocenters. The lowest BCUT2D eigenvalue weighted by atomic mass is 10.0. The zero-order chi connectivity index (χ0) is 14.7. The Bertz CT molecular complexity index is 342. The molecule has 1 unspecified atom stereocenters. The van der Waals surface area contributed by atoms with Crippen molar-refractivity contribution in [2.45, 2.75) is 44.7 Å². The van der Waals surface area contributed by atoms with Crippen molar-refractivity contribution < 1.29 is 4.79 Å². The molecule has 3 rings (SSSR count). The van der Waals surface area contributed by atoms with Gasteiger partial charge in [-0.1, -0.05) is 12.8 Å². The van der Waals surface area contributed by atoms with E-state index < -0.39 is 0 Å². The molecule has 3 fully saturated rings. The molecule has 5 heteroatoms. The summed E-state index contributed by atoms with van der Waals surface area (Å²) in [5, 5.41) is 3.40. The third-order valence-electron chi connectivity index (χ3n) is 5.38. The van der Waals surface area contributed by atoms with Gasteiger partial charge in [0, 0.05) is 58.4 Å². The molecule has 0 aliphatic carbocycles. The van der Waals surface area contributed by atoms with Gasteiger partial charge in [0.15, 0.2) is 0 Å². The van der Waals surface area contributed by atoms with E-state index in [1.165, 1.54) is 25.7 Å². The number of nitrogens with zero attached hydrogens (tertiary/aromatic N) is 3. The van der Waals surface area contributed by atoms with Crippen molar-refractivity contribution in [3.8, 4) is 0 Å². The first-order valence-corrected chi connectivity index (χ1v) is 8.73. The molecule has 0 aromatic carbocycles. The molecule has 0 radical (unpaired) electrons. The molecule has 0 bridgehead atoms. The van der Waals surface area contributed by atoms with Crippen molar-refractivity contribution in [3.05, 3.63) is 0 Å². The number of amides is 1. The van der Waals surface area contributed by atoms with Gasteiger partial charge in [0.2, 0.25) is 5.91 Å². The Kier molecular flexibility index (Phi) is 5.14. The van der Waals surface area contributed by atoms with Gasteiger partial charge in [-0.3, -0.25) is 14.6 Å². The summed E-state index contributed by atoms with van der Waals surface area (Å²) in [6.07, 6.45) is 4.93. The highest BCUT2D eigenvalue weighted by Gasteiger charge is 2.38. The van der Waals surface area contributed by atoms with Gasteiger partial charge in [-0.25, -0.2) is 0 Å². The van der Waals surface area contributed by atoms with E-state index in [0.29, 0.717) is 11.9 Å². The van der Waals surface area contributed by atoms with E-state index in [4.69, 9.17) is 0 Å². The number of rotatable bonds is 3. The number of hydrogen-bond acceptors (Lipinski definition) is 4. The molecule has 120 valence electrons. The maximum absolute atomic E-state index is 12.6. The smallest absolute Gasteiger partial charge is 0.239 e. The third-order valence-corrected chi connectivity index (χ3v) is 5.38. The van der Waals surface area contributed by atoms with Crippen molar-refractivity contribution in [2.24, 2.45) is 0 Å². The normalized spacial score (nSPS) is 28.0. The fourth-order valence-electron chi connectivity index (χ4n) is 3.79. The summed E-state index contributed by atoms with van der Waals surface area (Å²) in [7, 11) is 0. The van der Waals surface area contributed by atoms with Crippen molar-refractivity contribution in [1.82, 2.24) is 20.0 Å². The van der Waals surface area contributed by atoms with Crippen LogP contribution in [0.3, 0.4) is 0 Å². The average molecular weight is 294 g/mol. The minimum Gasteiger partial charge on any atom is -0.341 e. The molecule has 1 amide bonds. The minimum atomic E-state index is 0.0715. The van der Waals surface area contributed by atoms with Crippen molar-refractivity contribution in [3.63, 3.8) is 0 Å². The first kappa shape index (κ1) is 15.3. The van der Waals surface area contributed by atoms with Crippen LogP contribution < -0.4 is 5.32 Å². The molecule has 0 aromatic rings. The lowest BCUT2D eigenvalue weighted by Gasteiger charge is -2.49. The Balaban J connectivity index is 1.45. The fraction of sp³-hybridized carbons (Fsp3) is 0.938. The second-order valence-corrected chi connectivity index (χ2v) is 6.81. The number of hydrogen-bond donors (Lipinski definition) is 1. The topological polar surface area (TPSA) is 38.8 Å². The Morgan fingerprint density at radius 2 is 1.62 bits per heavy atom. The Morgan fingerprint density at radius 1 is 1.00 bits per heavy atom. The largest absolute Gasteiger partial charge is 0.341 e. The standard InChI is InChI=1S/C16H30N4O/c1-14(16(21)19-8-4-2-3-5-9-19)20-12-15(13-20)18-10-6-17-7-11-18/h14-15,17H,2-13H2,1H3. The van der Waals surface area contributed by atoms with Gasteiger partial charge in [-0.2, -0.15) is 0 Å². The van der Waals surface area contributed by atoms with Crippen LogP contribution in [-0.2, 0) is 4.79 Å². The predicted molar refractivity (Wildman–Crippen MR) is 84.3 cm³/mol. The predicted octanol–water partition coefficient (Wildman–Crippen LogP) is 0.367. The number of carbonyl (C=O) groups excluding carboxylic acids is 1. The number of likely N-dealkylation sites (tertiary alicyclic amines) is 2. The quantitative estimate of drug-likeness (QED) is 0.816. The van der Waals surface area contributed by atoms with Crippen LogP contribution in [0.25, 0.3) is 0 Å². The van der Waals surface area contributed by atoms with Gasteiger partial charge in [-0.05, 0) is 19.8 Å². The minimum absolute atomic E-state index is 0.0715. The molecule has 1 N–H and O–H groups in total. The average Bonchev–Trinajstić information content (AvgIpc) is 2.75. The summed E-state index contributed by atoms with van der Waals surface area (Å²) in [6.45, 7) is 10.7. The second kappa shape index (κ2) is 7.07. The van der Waals surface area contributed by atoms with Gasteiger partial charge in [0.1, 0.15) is 0 Å². The van der Waals surface area contributed by atoms with Crippen LogP contribution in [0.15, 0.2) is 0 Å². The molecule has 5 nitrogen and oxygen atoms in total. The molecular formula is C16H30N4O. The van der Waals surface area contributed by atoms with Gasteiger partial charge < -0.3 is 10.2 Å². The van der Waals surface area contributed by atoms with Crippen molar-refractivity contribution >= 4 is 5.91 Å². The van der Waals surface area contributed by atoms with Crippen LogP contribution >= 0.6 is 0 Å². The van der Waals surface area contributed by atoms with E-state index in [2.05, 4.69) is 26.9 Å². The Labute approximate surface area is 128 Å². The Morgan fingerprint density at radius 3 is 2.24 bits per heavy atom. The van der Waals surface area contributed by atoms with Crippen LogP contribution in [0, 0.1) is 0 Å². The molecule has 3 aliphatic rings. The van der Waals surface area contributed by atoms with E-state index in [1.807, 2.05) is 0 Å². The molecule has 0 saturated carbocycles. The van der Waals surface area contributed by atoms with Crippen molar-refractivity contribution in [1.29, 1.82) is 0 Å². The van der Waals surface area contributed by atoms with Crippen LogP contribution in [0.4, 0.5) is 0 Å². The highest BCUT2D eigenvalue weighted by Crippen LogP contribution is 2.20. The van der Waals surface area contributed by atoms with Gasteiger partial charge >= 0.3 is 0 Å². The number of piperazine rings is 1. The molecule has 3 saturated heterocycles. The maximum atomic E-state index is 12.6. The summed E-state index contributed by atoms with van der Waals surface area (Å²) in [5.41, 5.74) is 0. The van der Waals surface area contributed by atoms with Crippen molar-refractivity contribution in [2.75, 3.05) is 52.4 Å². The Hall–Kier alpha value is -0.650. The monoisotopic (exact) mass is 294 g/mol.